The van der Waals surface area contributed by atoms with Crippen LogP contribution < -0.4 is 4.90 Å². The van der Waals surface area contributed by atoms with Crippen molar-refractivity contribution in [2.24, 2.45) is 0 Å². The minimum absolute atomic E-state index is 0.0730. The summed E-state index contributed by atoms with van der Waals surface area (Å²) in [5, 5.41) is 12.0. The first-order chi connectivity index (χ1) is 16.7. The van der Waals surface area contributed by atoms with Crippen LogP contribution in [0.15, 0.2) is 72.3 Å². The molecule has 0 radical (unpaired) electrons. The maximum atomic E-state index is 13.5. The number of amides is 1. The van der Waals surface area contributed by atoms with E-state index in [1.807, 2.05) is 24.3 Å². The van der Waals surface area contributed by atoms with E-state index in [0.29, 0.717) is 27.2 Å². The SMILES string of the molecule is CC(C)c1ccc(C2/C(=C(\O)c3ccc(F)cc3)C(=O)C(=O)N2c2nc3ccc(Cl)cc3s2)cc1. The number of carbonyl (C=O) groups excluding carboxylic acids is 2. The second-order valence-corrected chi connectivity index (χ2v) is 10.1. The van der Waals surface area contributed by atoms with Gasteiger partial charge in [0.15, 0.2) is 5.13 Å². The summed E-state index contributed by atoms with van der Waals surface area (Å²) in [5.41, 5.74) is 2.55. The van der Waals surface area contributed by atoms with Crippen molar-refractivity contribution < 1.29 is 19.1 Å². The lowest BCUT2D eigenvalue weighted by Crippen LogP contribution is -2.29. The van der Waals surface area contributed by atoms with E-state index in [0.717, 1.165) is 10.3 Å². The molecule has 1 fully saturated rings. The summed E-state index contributed by atoms with van der Waals surface area (Å²) in [4.78, 5) is 32.5. The monoisotopic (exact) mass is 506 g/mol. The summed E-state index contributed by atoms with van der Waals surface area (Å²) in [6.45, 7) is 4.14. The highest BCUT2D eigenvalue weighted by Crippen LogP contribution is 2.44. The Morgan fingerprint density at radius 1 is 1.06 bits per heavy atom. The number of nitrogens with zero attached hydrogens (tertiary/aromatic N) is 2. The van der Waals surface area contributed by atoms with Crippen LogP contribution in [0.5, 0.6) is 0 Å². The first-order valence-electron chi connectivity index (χ1n) is 11.0. The molecule has 0 spiro atoms. The molecule has 8 heteroatoms. The van der Waals surface area contributed by atoms with Crippen LogP contribution in [-0.4, -0.2) is 21.8 Å². The number of thiazole rings is 1. The Morgan fingerprint density at radius 3 is 2.40 bits per heavy atom. The first kappa shape index (κ1) is 23.2. The molecule has 3 aromatic carbocycles. The van der Waals surface area contributed by atoms with Gasteiger partial charge in [0.2, 0.25) is 0 Å². The number of anilines is 1. The highest BCUT2D eigenvalue weighted by Gasteiger charge is 2.48. The molecule has 4 aromatic rings. The van der Waals surface area contributed by atoms with Crippen LogP contribution in [0.4, 0.5) is 9.52 Å². The zero-order valence-electron chi connectivity index (χ0n) is 18.8. The normalized spacial score (nSPS) is 17.6. The van der Waals surface area contributed by atoms with E-state index in [2.05, 4.69) is 18.8 Å². The van der Waals surface area contributed by atoms with E-state index in [4.69, 9.17) is 11.6 Å². The van der Waals surface area contributed by atoms with Crippen LogP contribution in [-0.2, 0) is 9.59 Å². The number of Topliss-reactive ketones (excluding diaryl/α,β-unsaturated/α-hetero) is 1. The maximum absolute atomic E-state index is 13.5. The first-order valence-corrected chi connectivity index (χ1v) is 12.2. The number of ketones is 1. The molecule has 5 rings (SSSR count). The summed E-state index contributed by atoms with van der Waals surface area (Å²) in [6, 6.07) is 17.0. The quantitative estimate of drug-likeness (QED) is 0.187. The number of benzene rings is 3. The van der Waals surface area contributed by atoms with Gasteiger partial charge in [0.25, 0.3) is 5.78 Å². The molecular formula is C27H20ClFN2O3S. The van der Waals surface area contributed by atoms with Crippen LogP contribution in [0.1, 0.15) is 42.5 Å². The molecule has 2 heterocycles. The number of halogens is 2. The number of hydrogen-bond acceptors (Lipinski definition) is 5. The Bertz CT molecular complexity index is 1490. The minimum atomic E-state index is -0.905. The largest absolute Gasteiger partial charge is 0.507 e. The summed E-state index contributed by atoms with van der Waals surface area (Å²) in [6.07, 6.45) is 0. The van der Waals surface area contributed by atoms with E-state index >= 15 is 0 Å². The summed E-state index contributed by atoms with van der Waals surface area (Å²) < 4.78 is 14.2. The van der Waals surface area contributed by atoms with Crippen molar-refractivity contribution >= 4 is 55.7 Å². The third kappa shape index (κ3) is 4.11. The van der Waals surface area contributed by atoms with Crippen LogP contribution in [0.3, 0.4) is 0 Å². The zero-order chi connectivity index (χ0) is 24.9. The number of rotatable bonds is 4. The van der Waals surface area contributed by atoms with E-state index in [1.54, 1.807) is 18.2 Å². The van der Waals surface area contributed by atoms with E-state index in [-0.39, 0.29) is 16.9 Å². The standard InChI is InChI=1S/C27H20ClFN2O3S/c1-14(2)15-3-5-16(6-4-15)23-22(24(32)17-7-10-19(29)11-8-17)25(33)26(34)31(23)27-30-20-12-9-18(28)13-21(20)35-27/h3-14,23,32H,1-2H3/b24-22+. The second-order valence-electron chi connectivity index (χ2n) is 8.61. The fraction of sp³-hybridized carbons (Fsp3) is 0.148. The van der Waals surface area contributed by atoms with Crippen LogP contribution in [0.25, 0.3) is 16.0 Å². The molecule has 1 aliphatic heterocycles. The molecule has 1 saturated heterocycles. The lowest BCUT2D eigenvalue weighted by molar-refractivity contribution is -0.132. The number of aromatic nitrogens is 1. The molecule has 1 unspecified atom stereocenters. The van der Waals surface area contributed by atoms with Gasteiger partial charge in [-0.2, -0.15) is 0 Å². The van der Waals surface area contributed by atoms with Gasteiger partial charge in [0.05, 0.1) is 21.8 Å². The molecule has 0 saturated carbocycles. The second kappa shape index (κ2) is 8.91. The van der Waals surface area contributed by atoms with E-state index in [1.165, 1.54) is 40.5 Å². The van der Waals surface area contributed by atoms with Gasteiger partial charge in [-0.3, -0.25) is 14.5 Å². The smallest absolute Gasteiger partial charge is 0.301 e. The lowest BCUT2D eigenvalue weighted by atomic mass is 9.93. The highest BCUT2D eigenvalue weighted by atomic mass is 35.5. The number of hydrogen-bond donors (Lipinski definition) is 1. The summed E-state index contributed by atoms with van der Waals surface area (Å²) >= 11 is 7.36. The molecule has 0 bridgehead atoms. The molecule has 35 heavy (non-hydrogen) atoms. The lowest BCUT2D eigenvalue weighted by Gasteiger charge is -2.23. The van der Waals surface area contributed by atoms with E-state index < -0.39 is 23.5 Å². The fourth-order valence-corrected chi connectivity index (χ4v) is 5.43. The Balaban J connectivity index is 1.71. The van der Waals surface area contributed by atoms with Crippen LogP contribution in [0, 0.1) is 5.82 Å². The number of fused-ring (bicyclic) bond motifs is 1. The molecule has 176 valence electrons. The van der Waals surface area contributed by atoms with Crippen LogP contribution >= 0.6 is 22.9 Å². The topological polar surface area (TPSA) is 70.5 Å². The highest BCUT2D eigenvalue weighted by molar-refractivity contribution is 7.22. The third-order valence-electron chi connectivity index (χ3n) is 6.03. The predicted molar refractivity (Wildman–Crippen MR) is 136 cm³/mol. The van der Waals surface area contributed by atoms with Gasteiger partial charge in [-0.15, -0.1) is 0 Å². The van der Waals surface area contributed by atoms with Gasteiger partial charge in [-0.25, -0.2) is 9.37 Å². The van der Waals surface area contributed by atoms with Crippen molar-refractivity contribution in [1.29, 1.82) is 0 Å². The Labute approximate surface area is 210 Å². The Morgan fingerprint density at radius 2 is 1.74 bits per heavy atom. The molecule has 1 amide bonds. The molecule has 5 nitrogen and oxygen atoms in total. The molecule has 1 aliphatic rings. The van der Waals surface area contributed by atoms with Gasteiger partial charge < -0.3 is 5.11 Å². The van der Waals surface area contributed by atoms with Gasteiger partial charge >= 0.3 is 5.91 Å². The number of aliphatic hydroxyl groups is 1. The molecule has 0 aliphatic carbocycles. The van der Waals surface area contributed by atoms with Crippen molar-refractivity contribution in [2.75, 3.05) is 4.90 Å². The molecule has 1 N–H and O–H groups in total. The molecular weight excluding hydrogens is 487 g/mol. The van der Waals surface area contributed by atoms with Gasteiger partial charge in [-0.1, -0.05) is 61.1 Å². The maximum Gasteiger partial charge on any atom is 0.301 e. The average Bonchev–Trinajstić information content (AvgIpc) is 3.37. The van der Waals surface area contributed by atoms with Crippen molar-refractivity contribution in [1.82, 2.24) is 4.98 Å². The molecule has 1 atom stereocenters. The van der Waals surface area contributed by atoms with Crippen molar-refractivity contribution in [3.63, 3.8) is 0 Å². The minimum Gasteiger partial charge on any atom is -0.507 e. The van der Waals surface area contributed by atoms with Gasteiger partial charge in [-0.05, 0) is 59.5 Å². The predicted octanol–water partition coefficient (Wildman–Crippen LogP) is 6.84. The summed E-state index contributed by atoms with van der Waals surface area (Å²) in [5.74, 6) is -2.17. The third-order valence-corrected chi connectivity index (χ3v) is 7.28. The molecule has 1 aromatic heterocycles. The summed E-state index contributed by atoms with van der Waals surface area (Å²) in [7, 11) is 0. The Kier molecular flexibility index (Phi) is 5.91. The van der Waals surface area contributed by atoms with Crippen molar-refractivity contribution in [3.8, 4) is 0 Å². The van der Waals surface area contributed by atoms with Crippen molar-refractivity contribution in [2.45, 2.75) is 25.8 Å². The van der Waals surface area contributed by atoms with Gasteiger partial charge in [0, 0.05) is 10.6 Å². The zero-order valence-corrected chi connectivity index (χ0v) is 20.4. The Hall–Kier alpha value is -3.55. The van der Waals surface area contributed by atoms with Crippen LogP contribution in [0.2, 0.25) is 5.02 Å². The van der Waals surface area contributed by atoms with Gasteiger partial charge in [0.1, 0.15) is 11.6 Å². The fourth-order valence-electron chi connectivity index (χ4n) is 4.16. The average molecular weight is 507 g/mol. The van der Waals surface area contributed by atoms with Crippen molar-refractivity contribution in [3.05, 3.63) is 99.8 Å². The number of aliphatic hydroxyl groups excluding tert-OH is 1. The van der Waals surface area contributed by atoms with E-state index in [9.17, 15) is 19.1 Å². The number of carbonyl (C=O) groups is 2.